The molecule has 0 aliphatic heterocycles. The first-order valence-corrected chi connectivity index (χ1v) is 7.79. The summed E-state index contributed by atoms with van der Waals surface area (Å²) in [5.74, 6) is 7.52. The zero-order valence-electron chi connectivity index (χ0n) is 11.0. The number of nitrogens with two attached hydrogens (primary N) is 1. The first-order chi connectivity index (χ1) is 9.72. The van der Waals surface area contributed by atoms with E-state index >= 15 is 0 Å². The van der Waals surface area contributed by atoms with Crippen LogP contribution < -0.4 is 5.84 Å². The Hall–Kier alpha value is -1.24. The summed E-state index contributed by atoms with van der Waals surface area (Å²) >= 11 is 7.53. The van der Waals surface area contributed by atoms with E-state index in [0.29, 0.717) is 16.0 Å². The third kappa shape index (κ3) is 3.88. The third-order valence-corrected chi connectivity index (χ3v) is 4.05. The largest absolute Gasteiger partial charge is 0.396 e. The van der Waals surface area contributed by atoms with Crippen molar-refractivity contribution in [3.05, 3.63) is 29.3 Å². The molecule has 2 aromatic rings. The average molecular weight is 313 g/mol. The van der Waals surface area contributed by atoms with E-state index < -0.39 is 0 Å². The molecule has 0 saturated carbocycles. The summed E-state index contributed by atoms with van der Waals surface area (Å²) in [4.78, 5) is 0. The van der Waals surface area contributed by atoms with Crippen LogP contribution in [-0.2, 0) is 0 Å². The van der Waals surface area contributed by atoms with Gasteiger partial charge in [-0.15, -0.1) is 10.2 Å². The Morgan fingerprint density at radius 3 is 2.85 bits per heavy atom. The quantitative estimate of drug-likeness (QED) is 0.467. The van der Waals surface area contributed by atoms with Crippen molar-refractivity contribution in [2.75, 3.05) is 18.2 Å². The van der Waals surface area contributed by atoms with Gasteiger partial charge in [0.25, 0.3) is 0 Å². The molecular formula is C13H17ClN4OS. The van der Waals surface area contributed by atoms with Crippen LogP contribution in [0.3, 0.4) is 0 Å². The predicted molar refractivity (Wildman–Crippen MR) is 82.3 cm³/mol. The topological polar surface area (TPSA) is 77.0 Å². The van der Waals surface area contributed by atoms with Gasteiger partial charge in [0.05, 0.1) is 0 Å². The summed E-state index contributed by atoms with van der Waals surface area (Å²) in [5, 5.41) is 18.2. The second-order valence-electron chi connectivity index (χ2n) is 4.32. The molecule has 0 aliphatic rings. The molecule has 3 N–H and O–H groups in total. The van der Waals surface area contributed by atoms with Gasteiger partial charge in [0.2, 0.25) is 5.16 Å². The molecule has 0 bridgehead atoms. The second-order valence-corrected chi connectivity index (χ2v) is 5.82. The Labute approximate surface area is 127 Å². The predicted octanol–water partition coefficient (Wildman–Crippen LogP) is 2.57. The molecule has 108 valence electrons. The standard InChI is InChI=1S/C13H17ClN4OS/c14-11-6-4-5-10(9-11)12-16-17-13(18(12)15)20-8-3-1-2-7-19/h4-6,9,19H,1-3,7-8,15H2. The smallest absolute Gasteiger partial charge is 0.210 e. The van der Waals surface area contributed by atoms with Crippen LogP contribution in [0.2, 0.25) is 5.02 Å². The Bertz CT molecular complexity index is 561. The van der Waals surface area contributed by atoms with Crippen molar-refractivity contribution < 1.29 is 5.11 Å². The average Bonchev–Trinajstić information content (AvgIpc) is 2.80. The SMILES string of the molecule is Nn1c(SCCCCCO)nnc1-c1cccc(Cl)c1. The summed E-state index contributed by atoms with van der Waals surface area (Å²) in [6.07, 6.45) is 2.86. The maximum atomic E-state index is 8.71. The highest BCUT2D eigenvalue weighted by molar-refractivity contribution is 7.99. The zero-order valence-corrected chi connectivity index (χ0v) is 12.6. The lowest BCUT2D eigenvalue weighted by atomic mass is 10.2. The van der Waals surface area contributed by atoms with Crippen LogP contribution >= 0.6 is 23.4 Å². The summed E-state index contributed by atoms with van der Waals surface area (Å²) in [7, 11) is 0. The van der Waals surface area contributed by atoms with Gasteiger partial charge >= 0.3 is 0 Å². The van der Waals surface area contributed by atoms with E-state index in [1.165, 1.54) is 4.68 Å². The lowest BCUT2D eigenvalue weighted by Gasteiger charge is -2.04. The molecular weight excluding hydrogens is 296 g/mol. The fourth-order valence-corrected chi connectivity index (χ4v) is 2.80. The van der Waals surface area contributed by atoms with Gasteiger partial charge < -0.3 is 10.9 Å². The molecule has 20 heavy (non-hydrogen) atoms. The molecule has 0 atom stereocenters. The number of rotatable bonds is 7. The maximum absolute atomic E-state index is 8.71. The number of nitrogen functional groups attached to an aromatic ring is 1. The molecule has 0 spiro atoms. The van der Waals surface area contributed by atoms with Gasteiger partial charge in [-0.25, -0.2) is 4.68 Å². The normalized spacial score (nSPS) is 10.9. The number of aliphatic hydroxyl groups excluding tert-OH is 1. The van der Waals surface area contributed by atoms with Crippen LogP contribution in [0.5, 0.6) is 0 Å². The summed E-state index contributed by atoms with van der Waals surface area (Å²) in [6.45, 7) is 0.247. The van der Waals surface area contributed by atoms with Gasteiger partial charge in [0, 0.05) is 22.9 Å². The minimum absolute atomic E-state index is 0.247. The number of thioether (sulfide) groups is 1. The first-order valence-electron chi connectivity index (χ1n) is 6.42. The van der Waals surface area contributed by atoms with E-state index in [0.717, 1.165) is 30.6 Å². The molecule has 7 heteroatoms. The molecule has 0 unspecified atom stereocenters. The van der Waals surface area contributed by atoms with Crippen LogP contribution in [0, 0.1) is 0 Å². The van der Waals surface area contributed by atoms with E-state index in [-0.39, 0.29) is 6.61 Å². The molecule has 0 fully saturated rings. The number of halogens is 1. The number of hydrogen-bond donors (Lipinski definition) is 2. The molecule has 0 radical (unpaired) electrons. The van der Waals surface area contributed by atoms with Gasteiger partial charge in [-0.1, -0.05) is 41.9 Å². The molecule has 2 rings (SSSR count). The van der Waals surface area contributed by atoms with Gasteiger partial charge in [-0.2, -0.15) is 0 Å². The van der Waals surface area contributed by atoms with Gasteiger partial charge in [-0.05, 0) is 25.0 Å². The molecule has 1 heterocycles. The summed E-state index contributed by atoms with van der Waals surface area (Å²) < 4.78 is 1.49. The number of aliphatic hydroxyl groups is 1. The highest BCUT2D eigenvalue weighted by Crippen LogP contribution is 2.24. The van der Waals surface area contributed by atoms with Gasteiger partial charge in [-0.3, -0.25) is 0 Å². The lowest BCUT2D eigenvalue weighted by Crippen LogP contribution is -2.11. The van der Waals surface area contributed by atoms with Crippen molar-refractivity contribution in [1.82, 2.24) is 14.9 Å². The lowest BCUT2D eigenvalue weighted by molar-refractivity contribution is 0.284. The number of unbranched alkanes of at least 4 members (excludes halogenated alkanes) is 2. The first kappa shape index (κ1) is 15.2. The van der Waals surface area contributed by atoms with Crippen molar-refractivity contribution in [1.29, 1.82) is 0 Å². The monoisotopic (exact) mass is 312 g/mol. The highest BCUT2D eigenvalue weighted by Gasteiger charge is 2.12. The van der Waals surface area contributed by atoms with Gasteiger partial charge in [0.15, 0.2) is 5.82 Å². The fourth-order valence-electron chi connectivity index (χ4n) is 1.75. The van der Waals surface area contributed by atoms with E-state index in [1.54, 1.807) is 17.8 Å². The molecule has 0 aliphatic carbocycles. The van der Waals surface area contributed by atoms with Crippen molar-refractivity contribution >= 4 is 23.4 Å². The maximum Gasteiger partial charge on any atom is 0.210 e. The number of benzene rings is 1. The Morgan fingerprint density at radius 1 is 1.25 bits per heavy atom. The van der Waals surface area contributed by atoms with Gasteiger partial charge in [0.1, 0.15) is 0 Å². The second kappa shape index (κ2) is 7.52. The summed E-state index contributed by atoms with van der Waals surface area (Å²) in [5.41, 5.74) is 0.847. The summed E-state index contributed by atoms with van der Waals surface area (Å²) in [6, 6.07) is 7.37. The van der Waals surface area contributed by atoms with E-state index in [1.807, 2.05) is 18.2 Å². The Morgan fingerprint density at radius 2 is 2.10 bits per heavy atom. The third-order valence-electron chi connectivity index (χ3n) is 2.78. The van der Waals surface area contributed by atoms with Crippen molar-refractivity contribution in [3.8, 4) is 11.4 Å². The van der Waals surface area contributed by atoms with E-state index in [4.69, 9.17) is 22.6 Å². The molecule has 0 amide bonds. The van der Waals surface area contributed by atoms with Crippen LogP contribution in [0.1, 0.15) is 19.3 Å². The molecule has 0 saturated heterocycles. The minimum Gasteiger partial charge on any atom is -0.396 e. The van der Waals surface area contributed by atoms with Crippen LogP contribution in [0.15, 0.2) is 29.4 Å². The fraction of sp³-hybridized carbons (Fsp3) is 0.385. The van der Waals surface area contributed by atoms with Crippen LogP contribution in [0.25, 0.3) is 11.4 Å². The Balaban J connectivity index is 2.00. The minimum atomic E-state index is 0.247. The number of nitrogens with zero attached hydrogens (tertiary/aromatic N) is 3. The van der Waals surface area contributed by atoms with Crippen LogP contribution in [-0.4, -0.2) is 32.3 Å². The van der Waals surface area contributed by atoms with Crippen molar-refractivity contribution in [2.24, 2.45) is 0 Å². The molecule has 5 nitrogen and oxygen atoms in total. The zero-order chi connectivity index (χ0) is 14.4. The highest BCUT2D eigenvalue weighted by atomic mass is 35.5. The van der Waals surface area contributed by atoms with Crippen molar-refractivity contribution in [3.63, 3.8) is 0 Å². The van der Waals surface area contributed by atoms with Crippen LogP contribution in [0.4, 0.5) is 0 Å². The van der Waals surface area contributed by atoms with Crippen molar-refractivity contribution in [2.45, 2.75) is 24.4 Å². The molecule has 1 aromatic heterocycles. The number of aromatic nitrogens is 3. The van der Waals surface area contributed by atoms with E-state index in [9.17, 15) is 0 Å². The number of hydrogen-bond acceptors (Lipinski definition) is 5. The Kier molecular flexibility index (Phi) is 5.70. The molecule has 1 aromatic carbocycles. The van der Waals surface area contributed by atoms with E-state index in [2.05, 4.69) is 10.2 Å².